The topological polar surface area (TPSA) is 38.3 Å². The van der Waals surface area contributed by atoms with Crippen molar-refractivity contribution in [2.45, 2.75) is 18.9 Å². The Bertz CT molecular complexity index is 696. The number of benzene rings is 2. The molecule has 0 saturated carbocycles. The summed E-state index contributed by atoms with van der Waals surface area (Å²) in [5, 5.41) is 3.46. The maximum absolute atomic E-state index is 13.1. The fraction of sp³-hybridized carbons (Fsp3) is 0.235. The van der Waals surface area contributed by atoms with Crippen LogP contribution in [0.2, 0.25) is 0 Å². The molecule has 1 atom stereocenters. The highest BCUT2D eigenvalue weighted by atomic mass is 19.1. The van der Waals surface area contributed by atoms with Gasteiger partial charge in [-0.2, -0.15) is 0 Å². The van der Waals surface area contributed by atoms with Gasteiger partial charge in [0, 0.05) is 12.1 Å². The van der Waals surface area contributed by atoms with Crippen LogP contribution in [0.4, 0.5) is 10.1 Å². The molecule has 3 nitrogen and oxygen atoms in total. The number of methoxy groups -OCH3 is 1. The Morgan fingerprint density at radius 1 is 1.24 bits per heavy atom. The summed E-state index contributed by atoms with van der Waals surface area (Å²) in [7, 11) is 1.37. The minimum absolute atomic E-state index is 0.245. The van der Waals surface area contributed by atoms with Crippen molar-refractivity contribution in [1.82, 2.24) is 0 Å². The molecule has 0 fully saturated rings. The molecular formula is C17H16FNO2. The van der Waals surface area contributed by atoms with Crippen LogP contribution in [-0.4, -0.2) is 13.1 Å². The first kappa shape index (κ1) is 13.6. The molecule has 0 aliphatic carbocycles. The van der Waals surface area contributed by atoms with Crippen molar-refractivity contribution in [1.29, 1.82) is 0 Å². The van der Waals surface area contributed by atoms with Crippen LogP contribution in [0.15, 0.2) is 42.5 Å². The molecule has 1 heterocycles. The van der Waals surface area contributed by atoms with Crippen LogP contribution in [0, 0.1) is 5.82 Å². The Balaban J connectivity index is 1.93. The van der Waals surface area contributed by atoms with E-state index >= 15 is 0 Å². The molecule has 0 amide bonds. The summed E-state index contributed by atoms with van der Waals surface area (Å²) in [5.41, 5.74) is 3.31. The molecule has 0 bridgehead atoms. The van der Waals surface area contributed by atoms with Crippen LogP contribution in [0.5, 0.6) is 0 Å². The van der Waals surface area contributed by atoms with Crippen molar-refractivity contribution in [2.75, 3.05) is 12.4 Å². The molecule has 0 aromatic heterocycles. The SMILES string of the molecule is COC(=O)c1ccc2c(c1)CC(C)(c1ccc(F)cc1)N2. The first-order valence-corrected chi connectivity index (χ1v) is 6.77. The smallest absolute Gasteiger partial charge is 0.337 e. The zero-order valence-electron chi connectivity index (χ0n) is 11.9. The van der Waals surface area contributed by atoms with E-state index in [1.54, 1.807) is 18.2 Å². The predicted molar refractivity (Wildman–Crippen MR) is 78.9 cm³/mol. The third-order valence-corrected chi connectivity index (χ3v) is 3.96. The molecular weight excluding hydrogens is 269 g/mol. The molecule has 1 unspecified atom stereocenters. The second-order valence-electron chi connectivity index (χ2n) is 5.50. The monoisotopic (exact) mass is 285 g/mol. The first-order chi connectivity index (χ1) is 10.0. The Hall–Kier alpha value is -2.36. The van der Waals surface area contributed by atoms with Gasteiger partial charge in [0.15, 0.2) is 0 Å². The van der Waals surface area contributed by atoms with Gasteiger partial charge in [0.05, 0.1) is 18.2 Å². The van der Waals surface area contributed by atoms with Gasteiger partial charge in [-0.05, 0) is 48.4 Å². The van der Waals surface area contributed by atoms with Crippen molar-refractivity contribution < 1.29 is 13.9 Å². The van der Waals surface area contributed by atoms with Gasteiger partial charge >= 0.3 is 5.97 Å². The summed E-state index contributed by atoms with van der Waals surface area (Å²) in [6, 6.07) is 12.0. The van der Waals surface area contributed by atoms with Gasteiger partial charge in [-0.3, -0.25) is 0 Å². The van der Waals surface area contributed by atoms with Crippen LogP contribution in [-0.2, 0) is 16.7 Å². The number of rotatable bonds is 2. The van der Waals surface area contributed by atoms with Crippen LogP contribution >= 0.6 is 0 Å². The Morgan fingerprint density at radius 2 is 1.95 bits per heavy atom. The number of carbonyl (C=O) groups is 1. The summed E-state index contributed by atoms with van der Waals surface area (Å²) >= 11 is 0. The molecule has 1 aliphatic rings. The number of nitrogens with one attached hydrogen (secondary N) is 1. The molecule has 0 spiro atoms. The zero-order valence-corrected chi connectivity index (χ0v) is 11.9. The van der Waals surface area contributed by atoms with E-state index in [1.165, 1.54) is 19.2 Å². The maximum atomic E-state index is 13.1. The fourth-order valence-corrected chi connectivity index (χ4v) is 2.82. The quantitative estimate of drug-likeness (QED) is 0.858. The number of halogens is 1. The average Bonchev–Trinajstić information content (AvgIpc) is 2.83. The van der Waals surface area contributed by atoms with Crippen molar-refractivity contribution in [2.24, 2.45) is 0 Å². The van der Waals surface area contributed by atoms with Gasteiger partial charge in [0.25, 0.3) is 0 Å². The van der Waals surface area contributed by atoms with E-state index in [1.807, 2.05) is 12.1 Å². The van der Waals surface area contributed by atoms with E-state index in [-0.39, 0.29) is 17.3 Å². The van der Waals surface area contributed by atoms with Crippen molar-refractivity contribution in [3.8, 4) is 0 Å². The lowest BCUT2D eigenvalue weighted by Gasteiger charge is -2.25. The second-order valence-corrected chi connectivity index (χ2v) is 5.50. The van der Waals surface area contributed by atoms with Gasteiger partial charge in [-0.1, -0.05) is 12.1 Å². The lowest BCUT2D eigenvalue weighted by Crippen LogP contribution is -2.28. The summed E-state index contributed by atoms with van der Waals surface area (Å²) in [6.45, 7) is 2.07. The van der Waals surface area contributed by atoms with Crippen molar-refractivity contribution in [3.05, 3.63) is 65.0 Å². The van der Waals surface area contributed by atoms with Crippen LogP contribution in [0.1, 0.15) is 28.4 Å². The summed E-state index contributed by atoms with van der Waals surface area (Å²) in [4.78, 5) is 11.6. The number of ether oxygens (including phenoxy) is 1. The fourth-order valence-electron chi connectivity index (χ4n) is 2.82. The minimum Gasteiger partial charge on any atom is -0.465 e. The highest BCUT2D eigenvalue weighted by molar-refractivity contribution is 5.90. The highest BCUT2D eigenvalue weighted by Crippen LogP contribution is 2.39. The Labute approximate surface area is 122 Å². The number of fused-ring (bicyclic) bond motifs is 1. The minimum atomic E-state index is -0.340. The van der Waals surface area contributed by atoms with Gasteiger partial charge < -0.3 is 10.1 Å². The summed E-state index contributed by atoms with van der Waals surface area (Å²) < 4.78 is 17.8. The van der Waals surface area contributed by atoms with E-state index in [0.717, 1.165) is 23.2 Å². The van der Waals surface area contributed by atoms with Gasteiger partial charge in [-0.15, -0.1) is 0 Å². The summed E-state index contributed by atoms with van der Waals surface area (Å²) in [5.74, 6) is -0.584. The van der Waals surface area contributed by atoms with Crippen molar-refractivity contribution in [3.63, 3.8) is 0 Å². The molecule has 108 valence electrons. The highest BCUT2D eigenvalue weighted by Gasteiger charge is 2.34. The van der Waals surface area contributed by atoms with E-state index in [0.29, 0.717) is 5.56 Å². The normalized spacial score (nSPS) is 19.8. The molecule has 0 saturated heterocycles. The molecule has 4 heteroatoms. The van der Waals surface area contributed by atoms with E-state index in [2.05, 4.69) is 12.2 Å². The lowest BCUT2D eigenvalue weighted by atomic mass is 9.89. The van der Waals surface area contributed by atoms with Crippen LogP contribution in [0.25, 0.3) is 0 Å². The third kappa shape index (κ3) is 2.37. The molecule has 21 heavy (non-hydrogen) atoms. The van der Waals surface area contributed by atoms with Gasteiger partial charge in [-0.25, -0.2) is 9.18 Å². The summed E-state index contributed by atoms with van der Waals surface area (Å²) in [6.07, 6.45) is 0.735. The molecule has 1 N–H and O–H groups in total. The number of anilines is 1. The maximum Gasteiger partial charge on any atom is 0.337 e. The number of carbonyl (C=O) groups excluding carboxylic acids is 1. The van der Waals surface area contributed by atoms with E-state index in [9.17, 15) is 9.18 Å². The standard InChI is InChI=1S/C17H16FNO2/c1-17(13-4-6-14(18)7-5-13)10-12-9-11(16(20)21-2)3-8-15(12)19-17/h3-9,19H,10H2,1-2H3. The molecule has 1 aliphatic heterocycles. The van der Waals surface area contributed by atoms with E-state index < -0.39 is 0 Å². The zero-order chi connectivity index (χ0) is 15.0. The molecule has 2 aromatic carbocycles. The molecule has 3 rings (SSSR count). The largest absolute Gasteiger partial charge is 0.465 e. The number of hydrogen-bond donors (Lipinski definition) is 1. The number of esters is 1. The number of hydrogen-bond acceptors (Lipinski definition) is 3. The van der Waals surface area contributed by atoms with Crippen LogP contribution in [0.3, 0.4) is 0 Å². The van der Waals surface area contributed by atoms with E-state index in [4.69, 9.17) is 4.74 Å². The van der Waals surface area contributed by atoms with Crippen molar-refractivity contribution >= 4 is 11.7 Å². The average molecular weight is 285 g/mol. The lowest BCUT2D eigenvalue weighted by molar-refractivity contribution is 0.0600. The van der Waals surface area contributed by atoms with Gasteiger partial charge in [0.2, 0.25) is 0 Å². The third-order valence-electron chi connectivity index (χ3n) is 3.96. The first-order valence-electron chi connectivity index (χ1n) is 6.77. The van der Waals surface area contributed by atoms with Crippen LogP contribution < -0.4 is 5.32 Å². The van der Waals surface area contributed by atoms with Gasteiger partial charge in [0.1, 0.15) is 5.82 Å². The Kier molecular flexibility index (Phi) is 3.16. The predicted octanol–water partition coefficient (Wildman–Crippen LogP) is 3.50. The Morgan fingerprint density at radius 3 is 2.62 bits per heavy atom. The molecule has 2 aromatic rings. The molecule has 0 radical (unpaired) electrons. The second kappa shape index (κ2) is 4.88.